The van der Waals surface area contributed by atoms with E-state index in [1.807, 2.05) is 0 Å². The van der Waals surface area contributed by atoms with Crippen molar-refractivity contribution in [3.8, 4) is 12.3 Å². The van der Waals surface area contributed by atoms with Gasteiger partial charge in [0.05, 0.1) is 12.1 Å². The summed E-state index contributed by atoms with van der Waals surface area (Å²) in [5.41, 5.74) is 0.615. The highest BCUT2D eigenvalue weighted by Crippen LogP contribution is 2.26. The Hall–Kier alpha value is -0.720. The minimum absolute atomic E-state index is 0.0254. The second kappa shape index (κ2) is 7.66. The summed E-state index contributed by atoms with van der Waals surface area (Å²) < 4.78 is 0. The summed E-state index contributed by atoms with van der Waals surface area (Å²) in [5.74, 6) is 2.65. The molecule has 0 aliphatic heterocycles. The van der Waals surface area contributed by atoms with E-state index in [1.165, 1.54) is 0 Å². The van der Waals surface area contributed by atoms with Gasteiger partial charge in [-0.2, -0.15) is 0 Å². The number of hydrogen-bond donors (Lipinski definition) is 2. The number of benzene rings is 1. The molecule has 2 unspecified atom stereocenters. The third-order valence-electron chi connectivity index (χ3n) is 2.65. The molecule has 2 nitrogen and oxygen atoms in total. The zero-order valence-electron chi connectivity index (χ0n) is 10.3. The molecule has 4 heteroatoms. The second-order valence-corrected chi connectivity index (χ2v) is 4.94. The summed E-state index contributed by atoms with van der Waals surface area (Å²) >= 11 is 11.9. The van der Waals surface area contributed by atoms with Gasteiger partial charge in [0.25, 0.3) is 0 Å². The van der Waals surface area contributed by atoms with E-state index >= 15 is 0 Å². The molecule has 1 rings (SSSR count). The summed E-state index contributed by atoms with van der Waals surface area (Å²) in [6, 6.07) is 5.01. The van der Waals surface area contributed by atoms with Crippen molar-refractivity contribution >= 4 is 23.2 Å². The van der Waals surface area contributed by atoms with Gasteiger partial charge in [-0.15, -0.1) is 6.42 Å². The van der Waals surface area contributed by atoms with Crippen molar-refractivity contribution in [3.05, 3.63) is 33.8 Å². The Labute approximate surface area is 118 Å². The van der Waals surface area contributed by atoms with Crippen LogP contribution in [0.5, 0.6) is 0 Å². The van der Waals surface area contributed by atoms with Crippen LogP contribution in [-0.2, 0) is 0 Å². The molecular weight excluding hydrogens is 269 g/mol. The second-order valence-electron chi connectivity index (χ2n) is 4.10. The van der Waals surface area contributed by atoms with Gasteiger partial charge >= 0.3 is 0 Å². The molecule has 2 atom stereocenters. The first-order valence-corrected chi connectivity index (χ1v) is 6.66. The highest BCUT2D eigenvalue weighted by Gasteiger charge is 2.13. The molecule has 1 aromatic rings. The Morgan fingerprint density at radius 3 is 2.78 bits per heavy atom. The van der Waals surface area contributed by atoms with E-state index in [1.54, 1.807) is 18.2 Å². The highest BCUT2D eigenvalue weighted by molar-refractivity contribution is 6.33. The van der Waals surface area contributed by atoms with E-state index in [9.17, 15) is 5.11 Å². The van der Waals surface area contributed by atoms with Gasteiger partial charge in [-0.3, -0.25) is 0 Å². The van der Waals surface area contributed by atoms with Gasteiger partial charge in [0.1, 0.15) is 0 Å². The Bertz CT molecular complexity index is 428. The van der Waals surface area contributed by atoms with Crippen molar-refractivity contribution in [2.45, 2.75) is 31.9 Å². The third-order valence-corrected chi connectivity index (χ3v) is 3.23. The molecule has 0 spiro atoms. The van der Waals surface area contributed by atoms with Crippen LogP contribution in [-0.4, -0.2) is 17.7 Å². The van der Waals surface area contributed by atoms with Crippen LogP contribution < -0.4 is 5.32 Å². The van der Waals surface area contributed by atoms with E-state index in [4.69, 9.17) is 29.6 Å². The summed E-state index contributed by atoms with van der Waals surface area (Å²) in [4.78, 5) is 0. The van der Waals surface area contributed by atoms with Gasteiger partial charge in [-0.1, -0.05) is 42.5 Å². The average Bonchev–Trinajstić information content (AvgIpc) is 2.37. The van der Waals surface area contributed by atoms with Crippen molar-refractivity contribution in [2.75, 3.05) is 6.54 Å². The Morgan fingerprint density at radius 1 is 1.44 bits per heavy atom. The van der Waals surface area contributed by atoms with E-state index in [0.29, 0.717) is 22.2 Å². The molecule has 98 valence electrons. The van der Waals surface area contributed by atoms with Crippen molar-refractivity contribution in [3.63, 3.8) is 0 Å². The van der Waals surface area contributed by atoms with Crippen LogP contribution >= 0.6 is 23.2 Å². The molecule has 0 fully saturated rings. The quantitative estimate of drug-likeness (QED) is 0.785. The Morgan fingerprint density at radius 2 is 2.17 bits per heavy atom. The van der Waals surface area contributed by atoms with Gasteiger partial charge in [0, 0.05) is 22.2 Å². The third kappa shape index (κ3) is 4.51. The molecular formula is C14H17Cl2NO. The van der Waals surface area contributed by atoms with Crippen molar-refractivity contribution < 1.29 is 5.11 Å². The molecule has 18 heavy (non-hydrogen) atoms. The summed E-state index contributed by atoms with van der Waals surface area (Å²) in [7, 11) is 0. The van der Waals surface area contributed by atoms with Gasteiger partial charge in [0.2, 0.25) is 0 Å². The van der Waals surface area contributed by atoms with Crippen molar-refractivity contribution in [1.29, 1.82) is 0 Å². The molecule has 0 aliphatic carbocycles. The molecule has 0 radical (unpaired) electrons. The number of nitrogens with one attached hydrogen (secondary N) is 1. The Kier molecular flexibility index (Phi) is 6.52. The van der Waals surface area contributed by atoms with Crippen LogP contribution in [0.1, 0.15) is 31.4 Å². The molecule has 0 saturated heterocycles. The molecule has 0 aliphatic rings. The van der Waals surface area contributed by atoms with Gasteiger partial charge < -0.3 is 10.4 Å². The van der Waals surface area contributed by atoms with Gasteiger partial charge in [-0.25, -0.2) is 0 Å². The minimum atomic E-state index is -0.719. The first kappa shape index (κ1) is 15.3. The maximum Gasteiger partial charge on any atom is 0.0929 e. The van der Waals surface area contributed by atoms with Crippen LogP contribution in [0.25, 0.3) is 0 Å². The normalized spacial score (nSPS) is 13.9. The maximum atomic E-state index is 10.1. The summed E-state index contributed by atoms with van der Waals surface area (Å²) in [6.45, 7) is 2.42. The van der Waals surface area contributed by atoms with Crippen LogP contribution in [0.15, 0.2) is 18.2 Å². The lowest BCUT2D eigenvalue weighted by molar-refractivity contribution is 0.172. The topological polar surface area (TPSA) is 32.3 Å². The molecule has 0 bridgehead atoms. The molecule has 0 saturated carbocycles. The number of halogens is 2. The lowest BCUT2D eigenvalue weighted by Crippen LogP contribution is -2.31. The first-order chi connectivity index (χ1) is 8.58. The maximum absolute atomic E-state index is 10.1. The number of terminal acetylenes is 1. The standard InChI is InChI=1S/C14H17Cl2NO/c1-3-5-11(4-2)17-9-14(18)12-8-10(15)6-7-13(12)16/h2,6-8,11,14,17-18H,3,5,9H2,1H3. The predicted octanol–water partition coefficient (Wildman–Crippen LogP) is 3.42. The highest BCUT2D eigenvalue weighted by atomic mass is 35.5. The monoisotopic (exact) mass is 285 g/mol. The number of aliphatic hydroxyl groups is 1. The summed E-state index contributed by atoms with van der Waals surface area (Å²) in [5, 5.41) is 14.2. The molecule has 2 N–H and O–H groups in total. The Balaban J connectivity index is 2.62. The van der Waals surface area contributed by atoms with Crippen LogP contribution in [0.2, 0.25) is 10.0 Å². The molecule has 1 aromatic carbocycles. The van der Waals surface area contributed by atoms with E-state index in [-0.39, 0.29) is 6.04 Å². The molecule has 0 heterocycles. The van der Waals surface area contributed by atoms with Crippen molar-refractivity contribution in [2.24, 2.45) is 0 Å². The molecule has 0 amide bonds. The van der Waals surface area contributed by atoms with Crippen LogP contribution in [0.4, 0.5) is 0 Å². The first-order valence-electron chi connectivity index (χ1n) is 5.91. The van der Waals surface area contributed by atoms with E-state index < -0.39 is 6.10 Å². The number of hydrogen-bond acceptors (Lipinski definition) is 2. The van der Waals surface area contributed by atoms with Gasteiger partial charge in [-0.05, 0) is 24.6 Å². The van der Waals surface area contributed by atoms with Crippen LogP contribution in [0, 0.1) is 12.3 Å². The van der Waals surface area contributed by atoms with Crippen LogP contribution in [0.3, 0.4) is 0 Å². The SMILES string of the molecule is C#CC(CCC)NCC(O)c1cc(Cl)ccc1Cl. The lowest BCUT2D eigenvalue weighted by atomic mass is 10.1. The fourth-order valence-corrected chi connectivity index (χ4v) is 2.09. The average molecular weight is 286 g/mol. The molecule has 0 aromatic heterocycles. The largest absolute Gasteiger partial charge is 0.387 e. The fraction of sp³-hybridized carbons (Fsp3) is 0.429. The van der Waals surface area contributed by atoms with Gasteiger partial charge in [0.15, 0.2) is 0 Å². The summed E-state index contributed by atoms with van der Waals surface area (Å²) in [6.07, 6.45) is 6.56. The number of aliphatic hydroxyl groups excluding tert-OH is 1. The number of rotatable bonds is 6. The minimum Gasteiger partial charge on any atom is -0.387 e. The van der Waals surface area contributed by atoms with E-state index in [0.717, 1.165) is 12.8 Å². The lowest BCUT2D eigenvalue weighted by Gasteiger charge is -2.17. The fourth-order valence-electron chi connectivity index (χ4n) is 1.67. The predicted molar refractivity (Wildman–Crippen MR) is 77.0 cm³/mol. The zero-order valence-corrected chi connectivity index (χ0v) is 11.8. The zero-order chi connectivity index (χ0) is 13.5. The van der Waals surface area contributed by atoms with E-state index in [2.05, 4.69) is 18.2 Å². The van der Waals surface area contributed by atoms with Crippen molar-refractivity contribution in [1.82, 2.24) is 5.32 Å². The smallest absolute Gasteiger partial charge is 0.0929 e.